The molecular formula is C13H20ClN5O2. The Labute approximate surface area is 128 Å². The van der Waals surface area contributed by atoms with Crippen molar-refractivity contribution in [3.63, 3.8) is 0 Å². The van der Waals surface area contributed by atoms with Crippen LogP contribution in [-0.2, 0) is 7.05 Å². The Morgan fingerprint density at radius 1 is 1.38 bits per heavy atom. The van der Waals surface area contributed by atoms with Crippen LogP contribution in [0.25, 0.3) is 11.2 Å². The Balaban J connectivity index is 2.08. The molecule has 2 aromatic rings. The second-order valence-electron chi connectivity index (χ2n) is 4.78. The van der Waals surface area contributed by atoms with Crippen LogP contribution < -0.4 is 4.74 Å². The van der Waals surface area contributed by atoms with E-state index in [9.17, 15) is 5.11 Å². The predicted molar refractivity (Wildman–Crippen MR) is 80.6 cm³/mol. The molecule has 0 unspecified atom stereocenters. The van der Waals surface area contributed by atoms with E-state index in [4.69, 9.17) is 16.3 Å². The van der Waals surface area contributed by atoms with Crippen LogP contribution in [0.4, 0.5) is 0 Å². The van der Waals surface area contributed by atoms with Gasteiger partial charge in [-0.2, -0.15) is 9.97 Å². The molecule has 2 rings (SSSR count). The fraction of sp³-hybridized carbons (Fsp3) is 0.615. The maximum Gasteiger partial charge on any atom is 0.244 e. The van der Waals surface area contributed by atoms with E-state index in [1.165, 1.54) is 0 Å². The number of rotatable bonds is 7. The second-order valence-corrected chi connectivity index (χ2v) is 5.11. The van der Waals surface area contributed by atoms with Crippen LogP contribution in [0.5, 0.6) is 5.88 Å². The first-order chi connectivity index (χ1) is 10.0. The molecule has 0 aliphatic carbocycles. The van der Waals surface area contributed by atoms with Gasteiger partial charge in [-0.1, -0.05) is 13.8 Å². The standard InChI is InChI=1S/C13H20ClN5O2/c1-4-19(5-2)6-9(20)7-21-12-10-11(15-8-18(10)3)16-13(14)17-12/h8-9,20H,4-7H2,1-3H3/t9-/m1/s1. The number of nitrogens with zero attached hydrogens (tertiary/aromatic N) is 5. The average Bonchev–Trinajstić information content (AvgIpc) is 2.83. The van der Waals surface area contributed by atoms with E-state index in [0.29, 0.717) is 23.6 Å². The highest BCUT2D eigenvalue weighted by Crippen LogP contribution is 2.22. The number of aliphatic hydroxyl groups excluding tert-OH is 1. The van der Waals surface area contributed by atoms with Crippen LogP contribution in [0.2, 0.25) is 5.28 Å². The summed E-state index contributed by atoms with van der Waals surface area (Å²) in [5.74, 6) is 0.337. The minimum atomic E-state index is -0.595. The summed E-state index contributed by atoms with van der Waals surface area (Å²) in [7, 11) is 1.83. The lowest BCUT2D eigenvalue weighted by molar-refractivity contribution is 0.0704. The van der Waals surface area contributed by atoms with Crippen molar-refractivity contribution < 1.29 is 9.84 Å². The topological polar surface area (TPSA) is 76.3 Å². The zero-order chi connectivity index (χ0) is 15.4. The molecule has 2 aromatic heterocycles. The fourth-order valence-electron chi connectivity index (χ4n) is 2.10. The van der Waals surface area contributed by atoms with Gasteiger partial charge in [0.25, 0.3) is 0 Å². The molecule has 0 aromatic carbocycles. The Morgan fingerprint density at radius 2 is 2.10 bits per heavy atom. The van der Waals surface area contributed by atoms with Gasteiger partial charge in [0.15, 0.2) is 11.2 Å². The largest absolute Gasteiger partial charge is 0.473 e. The first-order valence-corrected chi connectivity index (χ1v) is 7.30. The summed E-state index contributed by atoms with van der Waals surface area (Å²) < 4.78 is 7.38. The van der Waals surface area contributed by atoms with E-state index >= 15 is 0 Å². The van der Waals surface area contributed by atoms with Gasteiger partial charge in [0.2, 0.25) is 11.2 Å². The summed E-state index contributed by atoms with van der Waals surface area (Å²) in [4.78, 5) is 14.3. The number of imidazole rings is 1. The van der Waals surface area contributed by atoms with Gasteiger partial charge in [-0.15, -0.1) is 0 Å². The minimum absolute atomic E-state index is 0.0782. The van der Waals surface area contributed by atoms with Crippen LogP contribution in [0.15, 0.2) is 6.33 Å². The highest BCUT2D eigenvalue weighted by molar-refractivity contribution is 6.28. The van der Waals surface area contributed by atoms with Gasteiger partial charge in [0, 0.05) is 13.6 Å². The molecule has 0 saturated heterocycles. The van der Waals surface area contributed by atoms with Crippen LogP contribution >= 0.6 is 11.6 Å². The van der Waals surface area contributed by atoms with Gasteiger partial charge in [-0.05, 0) is 24.7 Å². The third-order valence-corrected chi connectivity index (χ3v) is 3.46. The Bertz CT molecular complexity index is 600. The van der Waals surface area contributed by atoms with Gasteiger partial charge < -0.3 is 19.3 Å². The molecule has 116 valence electrons. The molecule has 0 aliphatic rings. The van der Waals surface area contributed by atoms with Crippen LogP contribution in [0.1, 0.15) is 13.8 Å². The van der Waals surface area contributed by atoms with Crippen molar-refractivity contribution >= 4 is 22.8 Å². The summed E-state index contributed by atoms with van der Waals surface area (Å²) in [5, 5.41) is 10.1. The molecular weight excluding hydrogens is 294 g/mol. The summed E-state index contributed by atoms with van der Waals surface area (Å²) in [6, 6.07) is 0. The number of likely N-dealkylation sites (N-methyl/N-ethyl adjacent to an activating group) is 1. The number of fused-ring (bicyclic) bond motifs is 1. The molecule has 0 radical (unpaired) electrons. The molecule has 7 nitrogen and oxygen atoms in total. The van der Waals surface area contributed by atoms with Gasteiger partial charge in [0.1, 0.15) is 12.7 Å². The molecule has 1 atom stereocenters. The zero-order valence-electron chi connectivity index (χ0n) is 12.5. The summed E-state index contributed by atoms with van der Waals surface area (Å²) in [5.41, 5.74) is 1.14. The van der Waals surface area contributed by atoms with Crippen molar-refractivity contribution in [2.75, 3.05) is 26.2 Å². The van der Waals surface area contributed by atoms with E-state index in [1.54, 1.807) is 10.9 Å². The number of hydrogen-bond donors (Lipinski definition) is 1. The van der Waals surface area contributed by atoms with E-state index in [1.807, 2.05) is 7.05 Å². The number of aromatic nitrogens is 4. The van der Waals surface area contributed by atoms with Crippen molar-refractivity contribution in [3.05, 3.63) is 11.6 Å². The molecule has 8 heteroatoms. The van der Waals surface area contributed by atoms with Gasteiger partial charge >= 0.3 is 0 Å². The predicted octanol–water partition coefficient (Wildman–Crippen LogP) is 1.10. The lowest BCUT2D eigenvalue weighted by atomic mass is 10.3. The lowest BCUT2D eigenvalue weighted by Crippen LogP contribution is -2.35. The fourth-order valence-corrected chi connectivity index (χ4v) is 2.26. The molecule has 21 heavy (non-hydrogen) atoms. The molecule has 2 heterocycles. The lowest BCUT2D eigenvalue weighted by Gasteiger charge is -2.21. The number of aliphatic hydroxyl groups is 1. The van der Waals surface area contributed by atoms with Crippen molar-refractivity contribution in [2.24, 2.45) is 7.05 Å². The smallest absolute Gasteiger partial charge is 0.244 e. The van der Waals surface area contributed by atoms with Crippen molar-refractivity contribution in [1.29, 1.82) is 0 Å². The van der Waals surface area contributed by atoms with E-state index in [0.717, 1.165) is 13.1 Å². The maximum atomic E-state index is 10.0. The molecule has 1 N–H and O–H groups in total. The molecule has 0 spiro atoms. The number of aryl methyl sites for hydroxylation is 1. The van der Waals surface area contributed by atoms with Gasteiger partial charge in [0.05, 0.1) is 6.33 Å². The summed E-state index contributed by atoms with van der Waals surface area (Å²) >= 11 is 5.86. The van der Waals surface area contributed by atoms with E-state index < -0.39 is 6.10 Å². The SMILES string of the molecule is CCN(CC)C[C@@H](O)COc1nc(Cl)nc2ncn(C)c12. The number of hydrogen-bond acceptors (Lipinski definition) is 6. The summed E-state index contributed by atoms with van der Waals surface area (Å²) in [6.45, 7) is 6.59. The molecule has 0 saturated carbocycles. The molecule has 0 aliphatic heterocycles. The number of ether oxygens (including phenoxy) is 1. The quantitative estimate of drug-likeness (QED) is 0.771. The highest BCUT2D eigenvalue weighted by atomic mass is 35.5. The van der Waals surface area contributed by atoms with E-state index in [2.05, 4.69) is 33.7 Å². The molecule has 0 fully saturated rings. The molecule has 0 amide bonds. The minimum Gasteiger partial charge on any atom is -0.473 e. The van der Waals surface area contributed by atoms with Crippen LogP contribution in [0.3, 0.4) is 0 Å². The monoisotopic (exact) mass is 313 g/mol. The van der Waals surface area contributed by atoms with Crippen LogP contribution in [0, 0.1) is 0 Å². The first-order valence-electron chi connectivity index (χ1n) is 6.92. The Hall–Kier alpha value is -1.44. The third kappa shape index (κ3) is 3.81. The van der Waals surface area contributed by atoms with Gasteiger partial charge in [-0.3, -0.25) is 0 Å². The Kier molecular flexibility index (Phi) is 5.33. The average molecular weight is 314 g/mol. The Morgan fingerprint density at radius 3 is 2.76 bits per heavy atom. The first kappa shape index (κ1) is 15.9. The van der Waals surface area contributed by atoms with Gasteiger partial charge in [-0.25, -0.2) is 4.98 Å². The third-order valence-electron chi connectivity index (χ3n) is 3.29. The summed E-state index contributed by atoms with van der Waals surface area (Å²) in [6.07, 6.45) is 1.02. The maximum absolute atomic E-state index is 10.0. The second kappa shape index (κ2) is 7.02. The van der Waals surface area contributed by atoms with Crippen molar-refractivity contribution in [3.8, 4) is 5.88 Å². The molecule has 0 bridgehead atoms. The highest BCUT2D eigenvalue weighted by Gasteiger charge is 2.15. The normalized spacial score (nSPS) is 13.0. The number of halogens is 1. The van der Waals surface area contributed by atoms with Crippen molar-refractivity contribution in [2.45, 2.75) is 20.0 Å². The van der Waals surface area contributed by atoms with Crippen LogP contribution in [-0.4, -0.2) is 61.9 Å². The van der Waals surface area contributed by atoms with E-state index in [-0.39, 0.29) is 11.9 Å². The zero-order valence-corrected chi connectivity index (χ0v) is 13.2. The van der Waals surface area contributed by atoms with Crippen molar-refractivity contribution in [1.82, 2.24) is 24.4 Å².